The third-order valence-corrected chi connectivity index (χ3v) is 4.25. The van der Waals surface area contributed by atoms with Crippen molar-refractivity contribution in [2.75, 3.05) is 18.0 Å². The van der Waals surface area contributed by atoms with Crippen LogP contribution in [0.4, 0.5) is 5.13 Å². The minimum absolute atomic E-state index is 0.516. The van der Waals surface area contributed by atoms with Gasteiger partial charge >= 0.3 is 0 Å². The van der Waals surface area contributed by atoms with Gasteiger partial charge in [-0.25, -0.2) is 4.98 Å². The van der Waals surface area contributed by atoms with Gasteiger partial charge in [0.1, 0.15) is 0 Å². The van der Waals surface area contributed by atoms with Crippen LogP contribution >= 0.6 is 11.3 Å². The Morgan fingerprint density at radius 3 is 2.47 bits per heavy atom. The van der Waals surface area contributed by atoms with E-state index in [1.54, 1.807) is 0 Å². The van der Waals surface area contributed by atoms with E-state index in [9.17, 15) is 0 Å². The van der Waals surface area contributed by atoms with Crippen molar-refractivity contribution >= 4 is 16.5 Å². The van der Waals surface area contributed by atoms with E-state index in [4.69, 9.17) is 4.98 Å². The zero-order valence-corrected chi connectivity index (χ0v) is 14.1. The second kappa shape index (κ2) is 7.85. The van der Waals surface area contributed by atoms with Crippen molar-refractivity contribution in [1.29, 1.82) is 0 Å². The van der Waals surface area contributed by atoms with Crippen molar-refractivity contribution in [3.63, 3.8) is 0 Å². The van der Waals surface area contributed by atoms with Gasteiger partial charge in [0.2, 0.25) is 0 Å². The van der Waals surface area contributed by atoms with Gasteiger partial charge in [-0.1, -0.05) is 20.8 Å². The van der Waals surface area contributed by atoms with Crippen LogP contribution in [0.25, 0.3) is 0 Å². The molecule has 0 saturated heterocycles. The maximum atomic E-state index is 4.75. The molecule has 0 saturated carbocycles. The summed E-state index contributed by atoms with van der Waals surface area (Å²) in [7, 11) is 0. The van der Waals surface area contributed by atoms with Crippen molar-refractivity contribution in [3.8, 4) is 0 Å². The van der Waals surface area contributed by atoms with Gasteiger partial charge in [-0.15, -0.1) is 11.3 Å². The molecule has 0 aliphatic heterocycles. The SMILES string of the molecule is CCCN(c1nc(C)c(CNCC(C)C)s1)C(C)C. The van der Waals surface area contributed by atoms with Crippen molar-refractivity contribution in [2.45, 2.75) is 60.5 Å². The lowest BCUT2D eigenvalue weighted by Crippen LogP contribution is -2.31. The molecule has 0 unspecified atom stereocenters. The van der Waals surface area contributed by atoms with E-state index < -0.39 is 0 Å². The van der Waals surface area contributed by atoms with E-state index >= 15 is 0 Å². The molecule has 1 heterocycles. The minimum Gasteiger partial charge on any atom is -0.346 e. The van der Waals surface area contributed by atoms with Crippen LogP contribution in [0.5, 0.6) is 0 Å². The number of aromatic nitrogens is 1. The van der Waals surface area contributed by atoms with Crippen LogP contribution in [0.3, 0.4) is 0 Å². The van der Waals surface area contributed by atoms with Gasteiger partial charge in [0, 0.05) is 24.0 Å². The summed E-state index contributed by atoms with van der Waals surface area (Å²) < 4.78 is 0. The molecule has 0 radical (unpaired) electrons. The van der Waals surface area contributed by atoms with Gasteiger partial charge in [-0.3, -0.25) is 0 Å². The largest absolute Gasteiger partial charge is 0.346 e. The number of hydrogen-bond donors (Lipinski definition) is 1. The number of thiazole rings is 1. The van der Waals surface area contributed by atoms with E-state index in [1.807, 2.05) is 11.3 Å². The molecule has 4 heteroatoms. The van der Waals surface area contributed by atoms with Crippen LogP contribution in [0.2, 0.25) is 0 Å². The number of rotatable bonds is 8. The highest BCUT2D eigenvalue weighted by Gasteiger charge is 2.15. The summed E-state index contributed by atoms with van der Waals surface area (Å²) in [6.45, 7) is 16.4. The smallest absolute Gasteiger partial charge is 0.186 e. The monoisotopic (exact) mass is 283 g/mol. The first kappa shape index (κ1) is 16.4. The highest BCUT2D eigenvalue weighted by molar-refractivity contribution is 7.15. The van der Waals surface area contributed by atoms with Gasteiger partial charge in [0.25, 0.3) is 0 Å². The quantitative estimate of drug-likeness (QED) is 0.786. The van der Waals surface area contributed by atoms with Crippen LogP contribution in [-0.2, 0) is 6.54 Å². The summed E-state index contributed by atoms with van der Waals surface area (Å²) in [6, 6.07) is 0.516. The molecule has 0 aromatic carbocycles. The summed E-state index contributed by atoms with van der Waals surface area (Å²) in [6.07, 6.45) is 1.16. The van der Waals surface area contributed by atoms with E-state index in [0.29, 0.717) is 12.0 Å². The number of nitrogens with zero attached hydrogens (tertiary/aromatic N) is 2. The summed E-state index contributed by atoms with van der Waals surface area (Å²) >= 11 is 1.84. The van der Waals surface area contributed by atoms with E-state index in [-0.39, 0.29) is 0 Å². The maximum Gasteiger partial charge on any atom is 0.186 e. The Kier molecular flexibility index (Phi) is 6.80. The number of anilines is 1. The zero-order valence-electron chi connectivity index (χ0n) is 13.3. The molecular weight excluding hydrogens is 254 g/mol. The number of aryl methyl sites for hydroxylation is 1. The van der Waals surface area contributed by atoms with Crippen molar-refractivity contribution in [1.82, 2.24) is 10.3 Å². The summed E-state index contributed by atoms with van der Waals surface area (Å²) in [5.74, 6) is 0.694. The minimum atomic E-state index is 0.516. The normalized spacial score (nSPS) is 11.6. The molecule has 19 heavy (non-hydrogen) atoms. The molecule has 1 N–H and O–H groups in total. The molecule has 0 spiro atoms. The van der Waals surface area contributed by atoms with Crippen LogP contribution in [0.15, 0.2) is 0 Å². The van der Waals surface area contributed by atoms with Crippen LogP contribution in [0.1, 0.15) is 51.6 Å². The fourth-order valence-electron chi connectivity index (χ4n) is 1.99. The second-order valence-electron chi connectivity index (χ2n) is 5.82. The molecule has 0 atom stereocenters. The Hall–Kier alpha value is -0.610. The fourth-order valence-corrected chi connectivity index (χ4v) is 3.18. The van der Waals surface area contributed by atoms with Gasteiger partial charge in [0.15, 0.2) is 5.13 Å². The molecule has 0 bridgehead atoms. The van der Waals surface area contributed by atoms with Crippen molar-refractivity contribution < 1.29 is 0 Å². The van der Waals surface area contributed by atoms with E-state index in [2.05, 4.69) is 51.8 Å². The number of hydrogen-bond acceptors (Lipinski definition) is 4. The van der Waals surface area contributed by atoms with Crippen molar-refractivity contribution in [2.24, 2.45) is 5.92 Å². The average Bonchev–Trinajstić information content (AvgIpc) is 2.66. The predicted octanol–water partition coefficient (Wildman–Crippen LogP) is 3.82. The molecule has 0 fully saturated rings. The van der Waals surface area contributed by atoms with Gasteiger partial charge in [-0.05, 0) is 39.7 Å². The summed E-state index contributed by atoms with van der Waals surface area (Å²) in [5, 5.41) is 4.68. The molecule has 0 aliphatic carbocycles. The molecule has 1 rings (SSSR count). The lowest BCUT2D eigenvalue weighted by Gasteiger charge is -2.25. The Morgan fingerprint density at radius 1 is 1.26 bits per heavy atom. The second-order valence-corrected chi connectivity index (χ2v) is 6.88. The third-order valence-electron chi connectivity index (χ3n) is 3.05. The van der Waals surface area contributed by atoms with Crippen LogP contribution < -0.4 is 10.2 Å². The van der Waals surface area contributed by atoms with Gasteiger partial charge in [-0.2, -0.15) is 0 Å². The fraction of sp³-hybridized carbons (Fsp3) is 0.800. The summed E-state index contributed by atoms with van der Waals surface area (Å²) in [4.78, 5) is 8.53. The molecular formula is C15H29N3S. The number of nitrogens with one attached hydrogen (secondary N) is 1. The highest BCUT2D eigenvalue weighted by Crippen LogP contribution is 2.27. The maximum absolute atomic E-state index is 4.75. The molecule has 1 aromatic heterocycles. The van der Waals surface area contributed by atoms with Crippen molar-refractivity contribution in [3.05, 3.63) is 10.6 Å². The molecule has 0 aliphatic rings. The lowest BCUT2D eigenvalue weighted by molar-refractivity contribution is 0.554. The zero-order chi connectivity index (χ0) is 14.4. The van der Waals surface area contributed by atoms with Crippen LogP contribution in [-0.4, -0.2) is 24.1 Å². The first-order chi connectivity index (χ1) is 8.95. The Balaban J connectivity index is 2.71. The van der Waals surface area contributed by atoms with E-state index in [1.165, 1.54) is 15.7 Å². The third kappa shape index (κ3) is 5.11. The molecule has 1 aromatic rings. The predicted molar refractivity (Wildman–Crippen MR) is 86.2 cm³/mol. The summed E-state index contributed by atoms with van der Waals surface area (Å²) in [5.41, 5.74) is 1.18. The van der Waals surface area contributed by atoms with Crippen LogP contribution in [0, 0.1) is 12.8 Å². The Morgan fingerprint density at radius 2 is 1.95 bits per heavy atom. The Bertz CT molecular complexity index is 371. The van der Waals surface area contributed by atoms with Gasteiger partial charge in [0.05, 0.1) is 5.69 Å². The standard InChI is InChI=1S/C15H29N3S/c1-7-8-18(12(4)5)15-17-13(6)14(19-15)10-16-9-11(2)3/h11-12,16H,7-10H2,1-6H3. The molecule has 110 valence electrons. The average molecular weight is 283 g/mol. The van der Waals surface area contributed by atoms with E-state index in [0.717, 1.165) is 26.1 Å². The lowest BCUT2D eigenvalue weighted by atomic mass is 10.2. The first-order valence-electron chi connectivity index (χ1n) is 7.39. The topological polar surface area (TPSA) is 28.2 Å². The van der Waals surface area contributed by atoms with Gasteiger partial charge < -0.3 is 10.2 Å². The molecule has 3 nitrogen and oxygen atoms in total. The highest BCUT2D eigenvalue weighted by atomic mass is 32.1. The molecule has 0 amide bonds. The Labute approximate surface area is 122 Å². The first-order valence-corrected chi connectivity index (χ1v) is 8.21.